The molecule has 3 heterocycles. The molecule has 0 unspecified atom stereocenters. The Morgan fingerprint density at radius 1 is 1.29 bits per heavy atom. The fourth-order valence-corrected chi connectivity index (χ4v) is 4.69. The molecule has 6 nitrogen and oxygen atoms in total. The Balaban J connectivity index is 1.39. The van der Waals surface area contributed by atoms with Crippen LogP contribution in [-0.4, -0.2) is 29.0 Å². The van der Waals surface area contributed by atoms with Crippen LogP contribution in [0.15, 0.2) is 30.5 Å². The van der Waals surface area contributed by atoms with Gasteiger partial charge in [-0.3, -0.25) is 4.79 Å². The molecular formula is C21H21N5OS. The van der Waals surface area contributed by atoms with E-state index in [1.165, 1.54) is 16.9 Å². The maximum absolute atomic E-state index is 12.7. The average molecular weight is 392 g/mol. The number of piperidine rings is 1. The van der Waals surface area contributed by atoms with Gasteiger partial charge in [-0.1, -0.05) is 17.4 Å². The van der Waals surface area contributed by atoms with E-state index in [-0.39, 0.29) is 11.8 Å². The number of hydrogen-bond acceptors (Lipinski definition) is 6. The second-order valence-electron chi connectivity index (χ2n) is 7.22. The molecule has 2 aromatic heterocycles. The van der Waals surface area contributed by atoms with Gasteiger partial charge in [-0.15, -0.1) is 0 Å². The Bertz CT molecular complexity index is 1060. The molecule has 0 saturated carbocycles. The van der Waals surface area contributed by atoms with Crippen molar-refractivity contribution in [3.8, 4) is 6.07 Å². The van der Waals surface area contributed by atoms with Crippen molar-refractivity contribution in [3.05, 3.63) is 47.2 Å². The predicted molar refractivity (Wildman–Crippen MR) is 112 cm³/mol. The molecule has 1 saturated heterocycles. The molecule has 0 radical (unpaired) electrons. The SMILES string of the molecule is Cc1cc(C)c2nc(NC(=O)C3CCN(c4ccc(C#N)cn4)CC3)sc2c1. The zero-order valence-corrected chi connectivity index (χ0v) is 16.7. The summed E-state index contributed by atoms with van der Waals surface area (Å²) in [5.41, 5.74) is 3.86. The summed E-state index contributed by atoms with van der Waals surface area (Å²) >= 11 is 1.53. The number of rotatable bonds is 3. The van der Waals surface area contributed by atoms with Gasteiger partial charge >= 0.3 is 0 Å². The number of nitrogens with one attached hydrogen (secondary N) is 1. The molecule has 1 amide bonds. The third kappa shape index (κ3) is 3.69. The average Bonchev–Trinajstić information content (AvgIpc) is 3.11. The number of carbonyl (C=O) groups excluding carboxylic acids is 1. The van der Waals surface area contributed by atoms with Crippen LogP contribution in [0.2, 0.25) is 0 Å². The van der Waals surface area contributed by atoms with Crippen molar-refractivity contribution in [2.75, 3.05) is 23.3 Å². The highest BCUT2D eigenvalue weighted by molar-refractivity contribution is 7.22. The summed E-state index contributed by atoms with van der Waals surface area (Å²) in [4.78, 5) is 23.8. The van der Waals surface area contributed by atoms with E-state index in [9.17, 15) is 4.79 Å². The van der Waals surface area contributed by atoms with Crippen LogP contribution in [-0.2, 0) is 4.79 Å². The molecule has 1 fully saturated rings. The monoisotopic (exact) mass is 391 g/mol. The molecule has 4 rings (SSSR count). The van der Waals surface area contributed by atoms with E-state index in [2.05, 4.69) is 45.3 Å². The summed E-state index contributed by atoms with van der Waals surface area (Å²) in [6.07, 6.45) is 3.14. The van der Waals surface area contributed by atoms with E-state index in [1.54, 1.807) is 12.3 Å². The molecule has 7 heteroatoms. The molecule has 28 heavy (non-hydrogen) atoms. The number of amides is 1. The Labute approximate surface area is 167 Å². The highest BCUT2D eigenvalue weighted by atomic mass is 32.1. The van der Waals surface area contributed by atoms with E-state index in [4.69, 9.17) is 5.26 Å². The third-order valence-electron chi connectivity index (χ3n) is 5.13. The second-order valence-corrected chi connectivity index (χ2v) is 8.25. The summed E-state index contributed by atoms with van der Waals surface area (Å²) < 4.78 is 1.11. The molecule has 0 spiro atoms. The number of hydrogen-bond donors (Lipinski definition) is 1. The number of aromatic nitrogens is 2. The standard InChI is InChI=1S/C21H21N5OS/c1-13-9-14(2)19-17(10-13)28-21(24-19)25-20(27)16-5-7-26(8-6-16)18-4-3-15(11-22)12-23-18/h3-4,9-10,12,16H,5-8H2,1-2H3,(H,24,25,27). The van der Waals surface area contributed by atoms with E-state index >= 15 is 0 Å². The molecular weight excluding hydrogens is 370 g/mol. The number of anilines is 2. The van der Waals surface area contributed by atoms with Crippen molar-refractivity contribution in [2.24, 2.45) is 5.92 Å². The quantitative estimate of drug-likeness (QED) is 0.729. The van der Waals surface area contributed by atoms with Crippen molar-refractivity contribution in [3.63, 3.8) is 0 Å². The fraction of sp³-hybridized carbons (Fsp3) is 0.333. The topological polar surface area (TPSA) is 81.9 Å². The largest absolute Gasteiger partial charge is 0.357 e. The minimum Gasteiger partial charge on any atom is -0.357 e. The first-order chi connectivity index (χ1) is 13.5. The molecule has 1 N–H and O–H groups in total. The van der Waals surface area contributed by atoms with Crippen LogP contribution in [0, 0.1) is 31.1 Å². The van der Waals surface area contributed by atoms with Crippen molar-refractivity contribution >= 4 is 38.4 Å². The fourth-order valence-electron chi connectivity index (χ4n) is 3.64. The number of thiazole rings is 1. The number of fused-ring (bicyclic) bond motifs is 1. The van der Waals surface area contributed by atoms with Crippen LogP contribution in [0.25, 0.3) is 10.2 Å². The normalized spacial score (nSPS) is 14.8. The van der Waals surface area contributed by atoms with Crippen LogP contribution < -0.4 is 10.2 Å². The Kier molecular flexibility index (Phi) is 4.97. The minimum atomic E-state index is -0.0236. The highest BCUT2D eigenvalue weighted by Gasteiger charge is 2.26. The van der Waals surface area contributed by atoms with Crippen molar-refractivity contribution < 1.29 is 4.79 Å². The summed E-state index contributed by atoms with van der Waals surface area (Å²) in [6, 6.07) is 9.94. The van der Waals surface area contributed by atoms with E-state index in [0.29, 0.717) is 10.7 Å². The summed E-state index contributed by atoms with van der Waals surface area (Å²) in [5, 5.41) is 12.6. The lowest BCUT2D eigenvalue weighted by Crippen LogP contribution is -2.38. The molecule has 142 valence electrons. The number of carbonyl (C=O) groups is 1. The summed E-state index contributed by atoms with van der Waals surface area (Å²) in [5.74, 6) is 0.875. The number of pyridine rings is 1. The van der Waals surface area contributed by atoms with Crippen LogP contribution >= 0.6 is 11.3 Å². The van der Waals surface area contributed by atoms with Gasteiger partial charge in [0.05, 0.1) is 15.8 Å². The van der Waals surface area contributed by atoms with E-state index < -0.39 is 0 Å². The first-order valence-electron chi connectivity index (χ1n) is 9.33. The molecule has 0 atom stereocenters. The maximum atomic E-state index is 12.7. The van der Waals surface area contributed by atoms with Gasteiger partial charge in [-0.25, -0.2) is 9.97 Å². The first-order valence-corrected chi connectivity index (χ1v) is 10.1. The van der Waals surface area contributed by atoms with Crippen molar-refractivity contribution in [1.82, 2.24) is 9.97 Å². The summed E-state index contributed by atoms with van der Waals surface area (Å²) in [7, 11) is 0. The zero-order valence-electron chi connectivity index (χ0n) is 15.9. The predicted octanol–water partition coefficient (Wildman–Crippen LogP) is 4.03. The summed E-state index contributed by atoms with van der Waals surface area (Å²) in [6.45, 7) is 5.67. The van der Waals surface area contributed by atoms with Gasteiger partial charge in [0.1, 0.15) is 11.9 Å². The van der Waals surface area contributed by atoms with Gasteiger partial charge in [-0.2, -0.15) is 5.26 Å². The Hall–Kier alpha value is -2.98. The highest BCUT2D eigenvalue weighted by Crippen LogP contribution is 2.30. The Morgan fingerprint density at radius 3 is 2.75 bits per heavy atom. The van der Waals surface area contributed by atoms with E-state index in [1.807, 2.05) is 13.0 Å². The lowest BCUT2D eigenvalue weighted by molar-refractivity contribution is -0.120. The van der Waals surface area contributed by atoms with Crippen molar-refractivity contribution in [2.45, 2.75) is 26.7 Å². The van der Waals surface area contributed by atoms with Gasteiger partial charge in [-0.05, 0) is 56.0 Å². The number of nitrogens with zero attached hydrogens (tertiary/aromatic N) is 4. The third-order valence-corrected chi connectivity index (χ3v) is 6.04. The molecule has 0 aliphatic carbocycles. The van der Waals surface area contributed by atoms with Crippen LogP contribution in [0.1, 0.15) is 29.5 Å². The molecule has 0 bridgehead atoms. The van der Waals surface area contributed by atoms with Crippen molar-refractivity contribution in [1.29, 1.82) is 5.26 Å². The van der Waals surface area contributed by atoms with Crippen LogP contribution in [0.4, 0.5) is 10.9 Å². The molecule has 1 aromatic carbocycles. The second kappa shape index (κ2) is 7.56. The van der Waals surface area contributed by atoms with Gasteiger partial charge in [0, 0.05) is 25.2 Å². The van der Waals surface area contributed by atoms with Gasteiger partial charge in [0.2, 0.25) is 5.91 Å². The lowest BCUT2D eigenvalue weighted by Gasteiger charge is -2.31. The molecule has 1 aliphatic rings. The minimum absolute atomic E-state index is 0.0236. The van der Waals surface area contributed by atoms with Gasteiger partial charge in [0.15, 0.2) is 5.13 Å². The van der Waals surface area contributed by atoms with Gasteiger partial charge in [0.25, 0.3) is 0 Å². The van der Waals surface area contributed by atoms with E-state index in [0.717, 1.165) is 47.5 Å². The van der Waals surface area contributed by atoms with Crippen LogP contribution in [0.5, 0.6) is 0 Å². The number of nitriles is 1. The van der Waals surface area contributed by atoms with Gasteiger partial charge < -0.3 is 10.2 Å². The lowest BCUT2D eigenvalue weighted by atomic mass is 9.96. The van der Waals surface area contributed by atoms with Crippen LogP contribution in [0.3, 0.4) is 0 Å². The zero-order chi connectivity index (χ0) is 19.7. The Morgan fingerprint density at radius 2 is 2.07 bits per heavy atom. The first kappa shape index (κ1) is 18.4. The maximum Gasteiger partial charge on any atom is 0.229 e. The molecule has 1 aliphatic heterocycles. The number of aryl methyl sites for hydroxylation is 2. The molecule has 3 aromatic rings. The smallest absolute Gasteiger partial charge is 0.229 e. The number of benzene rings is 1.